The van der Waals surface area contributed by atoms with Crippen LogP contribution in [-0.4, -0.2) is 16.3 Å². The van der Waals surface area contributed by atoms with Crippen LogP contribution < -0.4 is 5.73 Å². The maximum atomic E-state index is 5.85. The van der Waals surface area contributed by atoms with Crippen molar-refractivity contribution < 1.29 is 0 Å². The highest BCUT2D eigenvalue weighted by Gasteiger charge is 2.59. The van der Waals surface area contributed by atoms with E-state index in [4.69, 9.17) is 5.73 Å². The normalized spacial score (nSPS) is 29.1. The zero-order chi connectivity index (χ0) is 10.2. The molecule has 3 heteroatoms. The second kappa shape index (κ2) is 3.09. The molecule has 2 rings (SSSR count). The van der Waals surface area contributed by atoms with Crippen LogP contribution in [0.15, 0.2) is 18.5 Å². The zero-order valence-electron chi connectivity index (χ0n) is 9.03. The van der Waals surface area contributed by atoms with Crippen molar-refractivity contribution in [3.63, 3.8) is 0 Å². The van der Waals surface area contributed by atoms with E-state index in [1.54, 1.807) is 0 Å². The number of aromatic nitrogens is 2. The Morgan fingerprint density at radius 2 is 2.21 bits per heavy atom. The van der Waals surface area contributed by atoms with E-state index >= 15 is 0 Å². The average Bonchev–Trinajstić information content (AvgIpc) is 2.56. The van der Waals surface area contributed by atoms with E-state index < -0.39 is 0 Å². The van der Waals surface area contributed by atoms with Gasteiger partial charge >= 0.3 is 0 Å². The molecule has 0 radical (unpaired) electrons. The molecule has 1 saturated carbocycles. The molecule has 1 fully saturated rings. The molecule has 3 nitrogen and oxygen atoms in total. The lowest BCUT2D eigenvalue weighted by molar-refractivity contribution is 0.337. The lowest BCUT2D eigenvalue weighted by Gasteiger charge is -2.18. The molecular formula is C11H19N3. The second-order valence-corrected chi connectivity index (χ2v) is 5.06. The molecule has 0 amide bonds. The second-order valence-electron chi connectivity index (χ2n) is 5.06. The van der Waals surface area contributed by atoms with Gasteiger partial charge in [0.2, 0.25) is 0 Å². The molecular weight excluding hydrogens is 174 g/mol. The molecule has 0 saturated heterocycles. The molecule has 1 heterocycles. The molecule has 1 aromatic rings. The van der Waals surface area contributed by atoms with Gasteiger partial charge in [-0.2, -0.15) is 5.10 Å². The Bertz CT molecular complexity index is 302. The van der Waals surface area contributed by atoms with Gasteiger partial charge < -0.3 is 5.73 Å². The number of nitrogens with two attached hydrogens (primary N) is 1. The molecule has 1 unspecified atom stereocenters. The van der Waals surface area contributed by atoms with Crippen LogP contribution in [0.3, 0.4) is 0 Å². The molecule has 0 bridgehead atoms. The predicted molar refractivity (Wildman–Crippen MR) is 56.7 cm³/mol. The smallest absolute Gasteiger partial charge is 0.0489 e. The Morgan fingerprint density at radius 3 is 2.64 bits per heavy atom. The Morgan fingerprint density at radius 1 is 1.50 bits per heavy atom. The van der Waals surface area contributed by atoms with Crippen molar-refractivity contribution in [3.05, 3.63) is 18.5 Å². The third kappa shape index (κ3) is 1.46. The lowest BCUT2D eigenvalue weighted by Crippen LogP contribution is -2.22. The fraction of sp³-hybridized carbons (Fsp3) is 0.727. The summed E-state index contributed by atoms with van der Waals surface area (Å²) in [4.78, 5) is 0. The molecule has 2 N–H and O–H groups in total. The third-order valence-electron chi connectivity index (χ3n) is 3.86. The van der Waals surface area contributed by atoms with E-state index in [1.807, 2.05) is 23.1 Å². The summed E-state index contributed by atoms with van der Waals surface area (Å²) in [7, 11) is 0. The fourth-order valence-corrected chi connectivity index (χ4v) is 2.44. The minimum absolute atomic E-state index is 0.374. The molecule has 14 heavy (non-hydrogen) atoms. The molecule has 1 aromatic heterocycles. The number of rotatable bonds is 4. The van der Waals surface area contributed by atoms with Crippen LogP contribution in [0, 0.1) is 10.8 Å². The van der Waals surface area contributed by atoms with Crippen molar-refractivity contribution in [1.82, 2.24) is 9.78 Å². The highest BCUT2D eigenvalue weighted by molar-refractivity contribution is 5.09. The van der Waals surface area contributed by atoms with Crippen LogP contribution in [0.1, 0.15) is 26.7 Å². The summed E-state index contributed by atoms with van der Waals surface area (Å²) in [6, 6.07) is 1.97. The van der Waals surface area contributed by atoms with Crippen molar-refractivity contribution >= 4 is 0 Å². The summed E-state index contributed by atoms with van der Waals surface area (Å²) in [6.07, 6.45) is 6.25. The van der Waals surface area contributed by atoms with Crippen molar-refractivity contribution in [1.29, 1.82) is 0 Å². The van der Waals surface area contributed by atoms with Crippen molar-refractivity contribution in [3.8, 4) is 0 Å². The Labute approximate surface area is 85.3 Å². The summed E-state index contributed by atoms with van der Waals surface area (Å²) in [5.74, 6) is 0. The highest BCUT2D eigenvalue weighted by atomic mass is 15.3. The Kier molecular flexibility index (Phi) is 2.14. The standard InChI is InChI=1S/C11H19N3/c1-10(2)8-11(10,9-12)4-7-14-6-3-5-13-14/h3,5-6H,4,7-9,12H2,1-2H3. The van der Waals surface area contributed by atoms with Gasteiger partial charge in [-0.15, -0.1) is 0 Å². The molecule has 0 spiro atoms. The van der Waals surface area contributed by atoms with Gasteiger partial charge in [-0.3, -0.25) is 4.68 Å². The molecule has 1 aliphatic rings. The van der Waals surface area contributed by atoms with Crippen molar-refractivity contribution in [2.45, 2.75) is 33.2 Å². The van der Waals surface area contributed by atoms with Gasteiger partial charge in [0.15, 0.2) is 0 Å². The van der Waals surface area contributed by atoms with Gasteiger partial charge in [-0.25, -0.2) is 0 Å². The average molecular weight is 193 g/mol. The van der Waals surface area contributed by atoms with Crippen LogP contribution in [-0.2, 0) is 6.54 Å². The fourth-order valence-electron chi connectivity index (χ4n) is 2.44. The number of hydrogen-bond acceptors (Lipinski definition) is 2. The molecule has 78 valence electrons. The highest BCUT2D eigenvalue weighted by Crippen LogP contribution is 2.64. The molecule has 1 aliphatic carbocycles. The van der Waals surface area contributed by atoms with Gasteiger partial charge in [-0.1, -0.05) is 13.8 Å². The summed E-state index contributed by atoms with van der Waals surface area (Å²) < 4.78 is 1.99. The van der Waals surface area contributed by atoms with Gasteiger partial charge in [0.1, 0.15) is 0 Å². The summed E-state index contributed by atoms with van der Waals surface area (Å²) >= 11 is 0. The number of hydrogen-bond donors (Lipinski definition) is 1. The van der Waals surface area contributed by atoms with E-state index in [1.165, 1.54) is 6.42 Å². The third-order valence-corrected chi connectivity index (χ3v) is 3.86. The van der Waals surface area contributed by atoms with E-state index in [-0.39, 0.29) is 0 Å². The molecule has 1 atom stereocenters. The SMILES string of the molecule is CC1(C)CC1(CN)CCn1cccn1. The lowest BCUT2D eigenvalue weighted by atomic mass is 9.92. The zero-order valence-corrected chi connectivity index (χ0v) is 9.03. The van der Waals surface area contributed by atoms with E-state index in [0.717, 1.165) is 19.5 Å². The van der Waals surface area contributed by atoms with Crippen LogP contribution in [0.25, 0.3) is 0 Å². The minimum Gasteiger partial charge on any atom is -0.330 e. The summed E-state index contributed by atoms with van der Waals surface area (Å²) in [5, 5.41) is 4.20. The van der Waals surface area contributed by atoms with Crippen molar-refractivity contribution in [2.75, 3.05) is 6.54 Å². The Hall–Kier alpha value is -0.830. The molecule has 0 aliphatic heterocycles. The van der Waals surface area contributed by atoms with Gasteiger partial charge in [0.05, 0.1) is 0 Å². The molecule has 0 aromatic carbocycles. The van der Waals surface area contributed by atoms with Crippen LogP contribution >= 0.6 is 0 Å². The first-order chi connectivity index (χ1) is 6.60. The quantitative estimate of drug-likeness (QED) is 0.790. The largest absolute Gasteiger partial charge is 0.330 e. The van der Waals surface area contributed by atoms with Crippen LogP contribution in [0.4, 0.5) is 0 Å². The first-order valence-electron chi connectivity index (χ1n) is 5.27. The maximum Gasteiger partial charge on any atom is 0.0489 e. The topological polar surface area (TPSA) is 43.8 Å². The van der Waals surface area contributed by atoms with E-state index in [9.17, 15) is 0 Å². The van der Waals surface area contributed by atoms with Gasteiger partial charge in [0, 0.05) is 18.9 Å². The van der Waals surface area contributed by atoms with Gasteiger partial charge in [-0.05, 0) is 36.3 Å². The minimum atomic E-state index is 0.374. The summed E-state index contributed by atoms with van der Waals surface area (Å²) in [5.41, 5.74) is 6.67. The first kappa shape index (κ1) is 9.71. The van der Waals surface area contributed by atoms with Gasteiger partial charge in [0.25, 0.3) is 0 Å². The first-order valence-corrected chi connectivity index (χ1v) is 5.27. The van der Waals surface area contributed by atoms with Crippen LogP contribution in [0.2, 0.25) is 0 Å². The van der Waals surface area contributed by atoms with E-state index in [0.29, 0.717) is 10.8 Å². The van der Waals surface area contributed by atoms with Crippen molar-refractivity contribution in [2.24, 2.45) is 16.6 Å². The maximum absolute atomic E-state index is 5.85. The Balaban J connectivity index is 1.92. The monoisotopic (exact) mass is 193 g/mol. The van der Waals surface area contributed by atoms with Crippen LogP contribution in [0.5, 0.6) is 0 Å². The number of nitrogens with zero attached hydrogens (tertiary/aromatic N) is 2. The number of aryl methyl sites for hydroxylation is 1. The summed E-state index contributed by atoms with van der Waals surface area (Å²) in [6.45, 7) is 6.42. The predicted octanol–water partition coefficient (Wildman–Crippen LogP) is 1.65. The van der Waals surface area contributed by atoms with E-state index in [2.05, 4.69) is 18.9 Å².